The Morgan fingerprint density at radius 2 is 1.77 bits per heavy atom. The molecule has 40 heavy (non-hydrogen) atoms. The van der Waals surface area contributed by atoms with E-state index in [1.54, 1.807) is 0 Å². The monoisotopic (exact) mass is 574 g/mol. The molecule has 2 atom stereocenters. The second-order valence-corrected chi connectivity index (χ2v) is 19.3. The topological polar surface area (TPSA) is 55.2 Å². The maximum atomic E-state index is 13.2. The summed E-state index contributed by atoms with van der Waals surface area (Å²) in [6, 6.07) is 4.29. The third kappa shape index (κ3) is 6.03. The molecule has 2 aromatic heterocycles. The Bertz CT molecular complexity index is 1270. The van der Waals surface area contributed by atoms with Crippen LogP contribution in [0.4, 0.5) is 13.2 Å². The van der Waals surface area contributed by atoms with Gasteiger partial charge in [0.2, 0.25) is 8.32 Å². The Morgan fingerprint density at radius 1 is 1.10 bits per heavy atom. The highest BCUT2D eigenvalue weighted by Crippen LogP contribution is 2.49. The molecule has 2 aliphatic carbocycles. The number of allylic oxidation sites excluding steroid dienone is 2. The third-order valence-corrected chi connectivity index (χ3v) is 13.8. The van der Waals surface area contributed by atoms with E-state index in [-0.39, 0.29) is 22.1 Å². The number of nitrogens with zero attached hydrogens (tertiary/aromatic N) is 2. The summed E-state index contributed by atoms with van der Waals surface area (Å²) in [5, 5.41) is 11.7. The van der Waals surface area contributed by atoms with Gasteiger partial charge in [-0.2, -0.15) is 13.2 Å². The predicted octanol–water partition coefficient (Wildman–Crippen LogP) is 8.69. The van der Waals surface area contributed by atoms with Crippen molar-refractivity contribution in [3.63, 3.8) is 0 Å². The lowest BCUT2D eigenvalue weighted by Crippen LogP contribution is -2.43. The van der Waals surface area contributed by atoms with E-state index < -0.39 is 31.6 Å². The van der Waals surface area contributed by atoms with Crippen LogP contribution in [0.5, 0.6) is 0 Å². The fraction of sp³-hybridized carbons (Fsp3) is 0.625. The molecule has 0 saturated carbocycles. The van der Waals surface area contributed by atoms with E-state index in [1.807, 2.05) is 6.07 Å². The molecule has 4 rings (SSSR count). The first kappa shape index (κ1) is 30.8. The molecule has 220 valence electrons. The van der Waals surface area contributed by atoms with E-state index >= 15 is 0 Å². The van der Waals surface area contributed by atoms with Crippen molar-refractivity contribution in [2.75, 3.05) is 0 Å². The molecule has 0 radical (unpaired) electrons. The van der Waals surface area contributed by atoms with Crippen LogP contribution in [0.1, 0.15) is 108 Å². The van der Waals surface area contributed by atoms with Gasteiger partial charge in [0.05, 0.1) is 22.7 Å². The van der Waals surface area contributed by atoms with Crippen molar-refractivity contribution >= 4 is 8.32 Å². The molecule has 1 unspecified atom stereocenters. The fourth-order valence-electron chi connectivity index (χ4n) is 5.73. The number of hydrogen-bond acceptors (Lipinski definition) is 4. The summed E-state index contributed by atoms with van der Waals surface area (Å²) in [7, 11) is -2.08. The van der Waals surface area contributed by atoms with E-state index in [9.17, 15) is 18.3 Å². The minimum absolute atomic E-state index is 0.0520. The normalized spacial score (nSPS) is 20.6. The van der Waals surface area contributed by atoms with E-state index in [4.69, 9.17) is 9.41 Å². The van der Waals surface area contributed by atoms with E-state index in [2.05, 4.69) is 72.6 Å². The van der Waals surface area contributed by atoms with E-state index in [1.165, 1.54) is 6.07 Å². The highest BCUT2D eigenvalue weighted by atomic mass is 28.4. The average Bonchev–Trinajstić information content (AvgIpc) is 3.29. The SMILES string of the molecule is CC1(C)CCc2cc([C@H](O)c3ccc(C(F)(F)F)cn3)c(C(C)(C)C3CCC=C3O[Si](C)(C)C(C)(C)C)nc2C1. The van der Waals surface area contributed by atoms with Crippen LogP contribution in [-0.4, -0.2) is 23.4 Å². The third-order valence-electron chi connectivity index (χ3n) is 9.43. The zero-order valence-electron chi connectivity index (χ0n) is 25.5. The number of aryl methyl sites for hydroxylation is 1. The Labute approximate surface area is 238 Å². The lowest BCUT2D eigenvalue weighted by Gasteiger charge is -2.42. The molecule has 2 heterocycles. The van der Waals surface area contributed by atoms with Crippen LogP contribution in [0.15, 0.2) is 36.2 Å². The Morgan fingerprint density at radius 3 is 2.35 bits per heavy atom. The first-order chi connectivity index (χ1) is 18.2. The van der Waals surface area contributed by atoms with E-state index in [0.29, 0.717) is 5.56 Å². The van der Waals surface area contributed by atoms with Gasteiger partial charge in [0, 0.05) is 28.8 Å². The van der Waals surface area contributed by atoms with Gasteiger partial charge in [-0.3, -0.25) is 9.97 Å². The summed E-state index contributed by atoms with van der Waals surface area (Å²) < 4.78 is 46.4. The molecule has 0 saturated heterocycles. The molecule has 0 fully saturated rings. The number of alkyl halides is 3. The molecule has 0 spiro atoms. The maximum absolute atomic E-state index is 13.2. The molecular weight excluding hydrogens is 529 g/mol. The molecule has 1 N–H and O–H groups in total. The Balaban J connectivity index is 1.79. The molecule has 0 amide bonds. The van der Waals surface area contributed by atoms with Crippen LogP contribution in [0.2, 0.25) is 18.1 Å². The highest BCUT2D eigenvalue weighted by Gasteiger charge is 2.46. The molecule has 4 nitrogen and oxygen atoms in total. The van der Waals surface area contributed by atoms with Gasteiger partial charge in [-0.15, -0.1) is 0 Å². The number of aliphatic hydroxyl groups is 1. The van der Waals surface area contributed by atoms with Crippen LogP contribution in [0.3, 0.4) is 0 Å². The van der Waals surface area contributed by atoms with Crippen LogP contribution in [-0.2, 0) is 28.9 Å². The smallest absolute Gasteiger partial charge is 0.417 e. The molecule has 0 aliphatic heterocycles. The summed E-state index contributed by atoms with van der Waals surface area (Å²) in [5.74, 6) is 1.07. The van der Waals surface area contributed by atoms with Gasteiger partial charge < -0.3 is 9.53 Å². The van der Waals surface area contributed by atoms with Crippen molar-refractivity contribution in [2.45, 2.75) is 116 Å². The number of hydrogen-bond donors (Lipinski definition) is 1. The maximum Gasteiger partial charge on any atom is 0.417 e. The number of halogens is 3. The van der Waals surface area contributed by atoms with Crippen LogP contribution >= 0.6 is 0 Å². The van der Waals surface area contributed by atoms with Crippen molar-refractivity contribution in [2.24, 2.45) is 11.3 Å². The summed E-state index contributed by atoms with van der Waals surface area (Å²) >= 11 is 0. The first-order valence-corrected chi connectivity index (χ1v) is 17.3. The van der Waals surface area contributed by atoms with Crippen LogP contribution in [0, 0.1) is 11.3 Å². The van der Waals surface area contributed by atoms with Gasteiger partial charge in [0.15, 0.2) is 0 Å². The zero-order chi connectivity index (χ0) is 29.9. The fourth-order valence-corrected chi connectivity index (χ4v) is 6.85. The second-order valence-electron chi connectivity index (χ2n) is 14.6. The minimum Gasteiger partial charge on any atom is -0.547 e. The molecule has 2 aromatic rings. The van der Waals surface area contributed by atoms with Crippen molar-refractivity contribution in [1.82, 2.24) is 9.97 Å². The minimum atomic E-state index is -4.49. The lowest BCUT2D eigenvalue weighted by molar-refractivity contribution is -0.137. The molecule has 2 aliphatic rings. The van der Waals surface area contributed by atoms with Crippen LogP contribution in [0.25, 0.3) is 0 Å². The Hall–Kier alpha value is -2.19. The molecule has 0 bridgehead atoms. The summed E-state index contributed by atoms with van der Waals surface area (Å²) in [6.07, 6.45) is 1.84. The molecule has 0 aromatic carbocycles. The zero-order valence-corrected chi connectivity index (χ0v) is 26.5. The average molecular weight is 575 g/mol. The van der Waals surface area contributed by atoms with Crippen molar-refractivity contribution in [3.8, 4) is 0 Å². The number of rotatable bonds is 6. The van der Waals surface area contributed by atoms with E-state index in [0.717, 1.165) is 67.1 Å². The van der Waals surface area contributed by atoms with Gasteiger partial charge in [0.25, 0.3) is 0 Å². The lowest BCUT2D eigenvalue weighted by atomic mass is 9.71. The first-order valence-electron chi connectivity index (χ1n) is 14.4. The number of pyridine rings is 2. The van der Waals surface area contributed by atoms with Gasteiger partial charge in [-0.05, 0) is 85.5 Å². The predicted molar refractivity (Wildman–Crippen MR) is 155 cm³/mol. The number of aromatic nitrogens is 2. The van der Waals surface area contributed by atoms with Crippen molar-refractivity contribution in [1.29, 1.82) is 0 Å². The van der Waals surface area contributed by atoms with Crippen LogP contribution < -0.4 is 0 Å². The number of fused-ring (bicyclic) bond motifs is 1. The van der Waals surface area contributed by atoms with Gasteiger partial charge in [0.1, 0.15) is 6.10 Å². The standard InChI is InChI=1S/C32H45F3N2O2Si/c1-29(2,3)40(8,9)39-26-12-10-11-23(26)31(6,7)28-22(17-20-15-16-30(4,5)18-25(20)37-28)27(38)24-14-13-21(19-36-24)32(33,34)35/h12-14,17,19,23,27,38H,10-11,15-16,18H2,1-9H3/t23?,27-/m0/s1. The Kier molecular flexibility index (Phi) is 7.89. The van der Waals surface area contributed by atoms with Gasteiger partial charge in [-0.1, -0.05) is 48.5 Å². The van der Waals surface area contributed by atoms with Gasteiger partial charge in [-0.25, -0.2) is 0 Å². The van der Waals surface area contributed by atoms with Crippen molar-refractivity contribution in [3.05, 3.63) is 70.0 Å². The largest absolute Gasteiger partial charge is 0.547 e. The quantitative estimate of drug-likeness (QED) is 0.351. The summed E-state index contributed by atoms with van der Waals surface area (Å²) in [4.78, 5) is 9.31. The highest BCUT2D eigenvalue weighted by molar-refractivity contribution is 6.74. The second kappa shape index (κ2) is 10.3. The molecule has 8 heteroatoms. The van der Waals surface area contributed by atoms with Gasteiger partial charge >= 0.3 is 6.18 Å². The van der Waals surface area contributed by atoms with Crippen molar-refractivity contribution < 1.29 is 22.7 Å². The number of aliphatic hydroxyl groups excluding tert-OH is 1. The summed E-state index contributed by atoms with van der Waals surface area (Å²) in [5.41, 5.74) is 2.51. The summed E-state index contributed by atoms with van der Waals surface area (Å²) in [6.45, 7) is 20.0. The molecular formula is C32H45F3N2O2Si.